The normalized spacial score (nSPS) is 10.8. The molecule has 1 aromatic carbocycles. The van der Waals surface area contributed by atoms with E-state index in [4.69, 9.17) is 10.5 Å². The third kappa shape index (κ3) is 2.67. The van der Waals surface area contributed by atoms with Crippen molar-refractivity contribution in [3.05, 3.63) is 34.2 Å². The second-order valence-electron chi connectivity index (χ2n) is 4.40. The van der Waals surface area contributed by atoms with Gasteiger partial charge in [0.25, 0.3) is 0 Å². The summed E-state index contributed by atoms with van der Waals surface area (Å²) < 4.78 is 8.55. The SMILES string of the molecule is COc1ccc(Br)cc1-c1c(C)nc(CCN)n1C. The Labute approximate surface area is 121 Å². The standard InChI is InChI=1S/C14H18BrN3O/c1-9-14(18(2)13(17-9)6-7-16)11-8-10(15)4-5-12(11)19-3/h4-5,8H,6-7,16H2,1-3H3. The summed E-state index contributed by atoms with van der Waals surface area (Å²) in [7, 11) is 3.69. The summed E-state index contributed by atoms with van der Waals surface area (Å²) in [6.45, 7) is 2.61. The van der Waals surface area contributed by atoms with Gasteiger partial charge in [-0.1, -0.05) is 15.9 Å². The van der Waals surface area contributed by atoms with Gasteiger partial charge in [0.05, 0.1) is 18.5 Å². The van der Waals surface area contributed by atoms with Crippen LogP contribution in [0.3, 0.4) is 0 Å². The van der Waals surface area contributed by atoms with Gasteiger partial charge in [-0.25, -0.2) is 4.98 Å². The minimum Gasteiger partial charge on any atom is -0.496 e. The Morgan fingerprint density at radius 3 is 2.79 bits per heavy atom. The summed E-state index contributed by atoms with van der Waals surface area (Å²) in [6, 6.07) is 5.97. The summed E-state index contributed by atoms with van der Waals surface area (Å²) in [4.78, 5) is 4.59. The maximum Gasteiger partial charge on any atom is 0.128 e. The van der Waals surface area contributed by atoms with Crippen molar-refractivity contribution in [3.63, 3.8) is 0 Å². The molecule has 2 N–H and O–H groups in total. The Balaban J connectivity index is 2.61. The summed E-state index contributed by atoms with van der Waals surface area (Å²) in [5.74, 6) is 1.84. The van der Waals surface area contributed by atoms with Gasteiger partial charge in [0, 0.05) is 23.5 Å². The van der Waals surface area contributed by atoms with Crippen molar-refractivity contribution >= 4 is 15.9 Å². The summed E-state index contributed by atoms with van der Waals surface area (Å²) in [6.07, 6.45) is 0.771. The van der Waals surface area contributed by atoms with E-state index in [9.17, 15) is 0 Å². The third-order valence-corrected chi connectivity index (χ3v) is 3.64. The minimum atomic E-state index is 0.597. The summed E-state index contributed by atoms with van der Waals surface area (Å²) in [5.41, 5.74) is 8.72. The molecular formula is C14H18BrN3O. The molecule has 19 heavy (non-hydrogen) atoms. The van der Waals surface area contributed by atoms with E-state index < -0.39 is 0 Å². The van der Waals surface area contributed by atoms with E-state index in [1.165, 1.54) is 0 Å². The van der Waals surface area contributed by atoms with Crippen LogP contribution < -0.4 is 10.5 Å². The number of rotatable bonds is 4. The predicted molar refractivity (Wildman–Crippen MR) is 80.4 cm³/mol. The number of imidazole rings is 1. The van der Waals surface area contributed by atoms with Gasteiger partial charge in [-0.2, -0.15) is 0 Å². The lowest BCUT2D eigenvalue weighted by molar-refractivity contribution is 0.416. The Kier molecular flexibility index (Phi) is 4.27. The van der Waals surface area contributed by atoms with Gasteiger partial charge in [0.1, 0.15) is 11.6 Å². The van der Waals surface area contributed by atoms with Crippen molar-refractivity contribution in [2.45, 2.75) is 13.3 Å². The van der Waals surface area contributed by atoms with Gasteiger partial charge in [-0.3, -0.25) is 0 Å². The van der Waals surface area contributed by atoms with Crippen molar-refractivity contribution in [2.75, 3.05) is 13.7 Å². The van der Waals surface area contributed by atoms with Gasteiger partial charge in [-0.15, -0.1) is 0 Å². The highest BCUT2D eigenvalue weighted by Crippen LogP contribution is 2.34. The lowest BCUT2D eigenvalue weighted by atomic mass is 10.1. The molecule has 0 bridgehead atoms. The van der Waals surface area contributed by atoms with Crippen LogP contribution in [0.25, 0.3) is 11.3 Å². The maximum absolute atomic E-state index is 5.62. The molecule has 0 fully saturated rings. The zero-order valence-corrected chi connectivity index (χ0v) is 13.0. The van der Waals surface area contributed by atoms with E-state index in [0.717, 1.165) is 39.4 Å². The molecule has 4 nitrogen and oxygen atoms in total. The van der Waals surface area contributed by atoms with Crippen molar-refractivity contribution in [3.8, 4) is 17.0 Å². The third-order valence-electron chi connectivity index (χ3n) is 3.15. The zero-order chi connectivity index (χ0) is 14.0. The fourth-order valence-corrected chi connectivity index (χ4v) is 2.65. The van der Waals surface area contributed by atoms with Crippen molar-refractivity contribution in [1.29, 1.82) is 0 Å². The molecule has 102 valence electrons. The van der Waals surface area contributed by atoms with E-state index in [2.05, 4.69) is 31.5 Å². The average molecular weight is 324 g/mol. The van der Waals surface area contributed by atoms with Crippen LogP contribution in [-0.4, -0.2) is 23.2 Å². The average Bonchev–Trinajstić information content (AvgIpc) is 2.65. The number of nitrogens with zero attached hydrogens (tertiary/aromatic N) is 2. The first-order valence-electron chi connectivity index (χ1n) is 6.14. The smallest absolute Gasteiger partial charge is 0.128 e. The van der Waals surface area contributed by atoms with Crippen LogP contribution in [-0.2, 0) is 13.5 Å². The van der Waals surface area contributed by atoms with E-state index in [0.29, 0.717) is 6.54 Å². The molecule has 0 saturated carbocycles. The molecule has 0 spiro atoms. The monoisotopic (exact) mass is 323 g/mol. The van der Waals surface area contributed by atoms with Gasteiger partial charge < -0.3 is 15.0 Å². The molecule has 0 aliphatic rings. The number of nitrogens with two attached hydrogens (primary N) is 1. The Bertz CT molecular complexity index is 593. The maximum atomic E-state index is 5.62. The summed E-state index contributed by atoms with van der Waals surface area (Å²) >= 11 is 3.50. The van der Waals surface area contributed by atoms with E-state index in [1.54, 1.807) is 7.11 Å². The molecule has 0 aliphatic carbocycles. The van der Waals surface area contributed by atoms with Crippen LogP contribution in [0.1, 0.15) is 11.5 Å². The molecule has 0 saturated heterocycles. The van der Waals surface area contributed by atoms with E-state index in [1.807, 2.05) is 26.1 Å². The van der Waals surface area contributed by atoms with Crippen molar-refractivity contribution in [2.24, 2.45) is 12.8 Å². The lowest BCUT2D eigenvalue weighted by Crippen LogP contribution is -2.08. The van der Waals surface area contributed by atoms with Crippen LogP contribution in [0.15, 0.2) is 22.7 Å². The molecule has 1 aromatic heterocycles. The number of ether oxygens (including phenoxy) is 1. The quantitative estimate of drug-likeness (QED) is 0.941. The highest BCUT2D eigenvalue weighted by atomic mass is 79.9. The van der Waals surface area contributed by atoms with E-state index in [-0.39, 0.29) is 0 Å². The first-order chi connectivity index (χ1) is 9.08. The van der Waals surface area contributed by atoms with E-state index >= 15 is 0 Å². The largest absolute Gasteiger partial charge is 0.496 e. The van der Waals surface area contributed by atoms with Crippen LogP contribution in [0.2, 0.25) is 0 Å². The molecule has 2 rings (SSSR count). The molecular weight excluding hydrogens is 306 g/mol. The number of hydrogen-bond donors (Lipinski definition) is 1. The van der Waals surface area contributed by atoms with Crippen LogP contribution in [0.5, 0.6) is 5.75 Å². The molecule has 5 heteroatoms. The van der Waals surface area contributed by atoms with Gasteiger partial charge in [0.2, 0.25) is 0 Å². The van der Waals surface area contributed by atoms with Crippen LogP contribution in [0.4, 0.5) is 0 Å². The molecule has 2 aromatic rings. The predicted octanol–water partition coefficient (Wildman–Crippen LogP) is 2.67. The molecule has 0 aliphatic heterocycles. The number of hydrogen-bond acceptors (Lipinski definition) is 3. The fourth-order valence-electron chi connectivity index (χ4n) is 2.29. The number of benzene rings is 1. The Morgan fingerprint density at radius 1 is 1.42 bits per heavy atom. The second-order valence-corrected chi connectivity index (χ2v) is 5.32. The first-order valence-corrected chi connectivity index (χ1v) is 6.94. The lowest BCUT2D eigenvalue weighted by Gasteiger charge is -2.11. The summed E-state index contributed by atoms with van der Waals surface area (Å²) in [5, 5.41) is 0. The van der Waals surface area contributed by atoms with Crippen LogP contribution >= 0.6 is 15.9 Å². The number of aromatic nitrogens is 2. The zero-order valence-electron chi connectivity index (χ0n) is 11.4. The number of aryl methyl sites for hydroxylation is 1. The van der Waals surface area contributed by atoms with Gasteiger partial charge in [0.15, 0.2) is 0 Å². The second kappa shape index (κ2) is 5.75. The van der Waals surface area contributed by atoms with Crippen molar-refractivity contribution in [1.82, 2.24) is 9.55 Å². The highest BCUT2D eigenvalue weighted by Gasteiger charge is 2.16. The topological polar surface area (TPSA) is 53.1 Å². The fraction of sp³-hybridized carbons (Fsp3) is 0.357. The molecule has 0 radical (unpaired) electrons. The molecule has 0 unspecified atom stereocenters. The van der Waals surface area contributed by atoms with Crippen LogP contribution in [0, 0.1) is 6.92 Å². The Morgan fingerprint density at radius 2 is 2.16 bits per heavy atom. The molecule has 0 amide bonds. The molecule has 0 atom stereocenters. The Hall–Kier alpha value is -1.33. The van der Waals surface area contributed by atoms with Crippen molar-refractivity contribution < 1.29 is 4.74 Å². The highest BCUT2D eigenvalue weighted by molar-refractivity contribution is 9.10. The number of halogens is 1. The first kappa shape index (κ1) is 14.1. The number of methoxy groups -OCH3 is 1. The van der Waals surface area contributed by atoms with Gasteiger partial charge >= 0.3 is 0 Å². The van der Waals surface area contributed by atoms with Gasteiger partial charge in [-0.05, 0) is 31.7 Å². The molecule has 1 heterocycles. The minimum absolute atomic E-state index is 0.597.